The van der Waals surface area contributed by atoms with Crippen LogP contribution in [0.15, 0.2) is 54.6 Å². The average Bonchev–Trinajstić information content (AvgIpc) is 2.77. The predicted molar refractivity (Wildman–Crippen MR) is 114 cm³/mol. The molecule has 1 N–H and O–H groups in total. The molecule has 5 heteroatoms. The Balaban J connectivity index is 1.49. The number of nitrogens with zero attached hydrogens (tertiary/aromatic N) is 1. The minimum Gasteiger partial charge on any atom is -0.484 e. The van der Waals surface area contributed by atoms with Gasteiger partial charge in [-0.2, -0.15) is 0 Å². The van der Waals surface area contributed by atoms with Gasteiger partial charge in [0.2, 0.25) is 0 Å². The third-order valence-corrected chi connectivity index (χ3v) is 5.87. The van der Waals surface area contributed by atoms with Gasteiger partial charge in [-0.3, -0.25) is 9.59 Å². The number of likely N-dealkylation sites (N-methyl/N-ethyl adjacent to an activating group) is 1. The van der Waals surface area contributed by atoms with Crippen molar-refractivity contribution < 1.29 is 14.3 Å². The van der Waals surface area contributed by atoms with Crippen molar-refractivity contribution in [1.82, 2.24) is 10.2 Å². The lowest BCUT2D eigenvalue weighted by Gasteiger charge is -2.43. The Morgan fingerprint density at radius 2 is 1.55 bits per heavy atom. The number of carbonyl (C=O) groups excluding carboxylic acids is 2. The molecular formula is C24H30N2O3. The molecule has 0 aromatic heterocycles. The van der Waals surface area contributed by atoms with Crippen LogP contribution in [0.5, 0.6) is 5.75 Å². The van der Waals surface area contributed by atoms with Crippen LogP contribution in [0.3, 0.4) is 0 Å². The van der Waals surface area contributed by atoms with E-state index < -0.39 is 0 Å². The molecule has 3 rings (SSSR count). The molecule has 5 nitrogen and oxygen atoms in total. The lowest BCUT2D eigenvalue weighted by molar-refractivity contribution is -0.123. The van der Waals surface area contributed by atoms with E-state index in [4.69, 9.17) is 4.74 Å². The van der Waals surface area contributed by atoms with Crippen LogP contribution in [-0.4, -0.2) is 49.4 Å². The van der Waals surface area contributed by atoms with E-state index in [0.29, 0.717) is 23.4 Å². The van der Waals surface area contributed by atoms with Gasteiger partial charge in [-0.05, 0) is 51.2 Å². The first kappa shape index (κ1) is 21.1. The summed E-state index contributed by atoms with van der Waals surface area (Å²) in [5.74, 6) is 0.419. The van der Waals surface area contributed by atoms with Crippen LogP contribution in [0, 0.1) is 0 Å². The Bertz CT molecular complexity index is 810. The van der Waals surface area contributed by atoms with E-state index in [0.717, 1.165) is 12.8 Å². The quantitative estimate of drug-likeness (QED) is 0.694. The highest BCUT2D eigenvalue weighted by Crippen LogP contribution is 2.31. The molecule has 1 aliphatic carbocycles. The zero-order chi connectivity index (χ0) is 20.7. The van der Waals surface area contributed by atoms with Crippen LogP contribution in [-0.2, 0) is 4.79 Å². The summed E-state index contributed by atoms with van der Waals surface area (Å²) in [6, 6.07) is 16.1. The van der Waals surface area contributed by atoms with Crippen molar-refractivity contribution >= 4 is 11.7 Å². The highest BCUT2D eigenvalue weighted by molar-refractivity contribution is 6.08. The number of ether oxygens (including phenoxy) is 1. The molecule has 2 aromatic rings. The number of hydrogen-bond donors (Lipinski definition) is 1. The van der Waals surface area contributed by atoms with Gasteiger partial charge in [0.15, 0.2) is 12.4 Å². The molecule has 0 unspecified atom stereocenters. The molecule has 1 amide bonds. The van der Waals surface area contributed by atoms with E-state index in [1.54, 1.807) is 36.4 Å². The fraction of sp³-hybridized carbons (Fsp3) is 0.417. The maximum absolute atomic E-state index is 12.4. The molecule has 2 aromatic carbocycles. The largest absolute Gasteiger partial charge is 0.484 e. The number of amides is 1. The first-order valence-corrected chi connectivity index (χ1v) is 10.3. The van der Waals surface area contributed by atoms with Crippen molar-refractivity contribution in [3.63, 3.8) is 0 Å². The molecule has 0 radical (unpaired) electrons. The number of carbonyl (C=O) groups is 2. The average molecular weight is 395 g/mol. The zero-order valence-corrected chi connectivity index (χ0v) is 17.3. The normalized spacial score (nSPS) is 15.7. The SMILES string of the molecule is CN(C)C1(CNC(=O)COc2ccc(C(=O)c3ccccc3)cc2)CCCCC1. The monoisotopic (exact) mass is 394 g/mol. The highest BCUT2D eigenvalue weighted by atomic mass is 16.5. The van der Waals surface area contributed by atoms with E-state index >= 15 is 0 Å². The standard InChI is InChI=1S/C24H30N2O3/c1-26(2)24(15-7-4-8-16-24)18-25-22(27)17-29-21-13-11-20(12-14-21)23(28)19-9-5-3-6-10-19/h3,5-6,9-14H,4,7-8,15-18H2,1-2H3,(H,25,27). The second-order valence-corrected chi connectivity index (χ2v) is 7.96. The van der Waals surface area contributed by atoms with Crippen LogP contribution < -0.4 is 10.1 Å². The molecule has 0 bridgehead atoms. The lowest BCUT2D eigenvalue weighted by atomic mass is 9.80. The number of benzene rings is 2. The summed E-state index contributed by atoms with van der Waals surface area (Å²) in [5.41, 5.74) is 1.30. The van der Waals surface area contributed by atoms with Crippen molar-refractivity contribution in [3.05, 3.63) is 65.7 Å². The highest BCUT2D eigenvalue weighted by Gasteiger charge is 2.34. The fourth-order valence-electron chi connectivity index (χ4n) is 3.91. The van der Waals surface area contributed by atoms with Crippen LogP contribution in [0.2, 0.25) is 0 Å². The molecule has 0 saturated heterocycles. The third-order valence-electron chi connectivity index (χ3n) is 5.87. The summed E-state index contributed by atoms with van der Waals surface area (Å²) in [5, 5.41) is 3.04. The topological polar surface area (TPSA) is 58.6 Å². The molecule has 1 aliphatic rings. The first-order valence-electron chi connectivity index (χ1n) is 10.3. The molecule has 1 fully saturated rings. The van der Waals surface area contributed by atoms with Gasteiger partial charge < -0.3 is 15.0 Å². The maximum atomic E-state index is 12.4. The fourth-order valence-corrected chi connectivity index (χ4v) is 3.91. The number of ketones is 1. The number of nitrogens with one attached hydrogen (secondary N) is 1. The molecule has 0 aliphatic heterocycles. The van der Waals surface area contributed by atoms with Gasteiger partial charge >= 0.3 is 0 Å². The van der Waals surface area contributed by atoms with Gasteiger partial charge in [-0.15, -0.1) is 0 Å². The van der Waals surface area contributed by atoms with Gasteiger partial charge in [0.25, 0.3) is 5.91 Å². The Morgan fingerprint density at radius 3 is 2.17 bits per heavy atom. The summed E-state index contributed by atoms with van der Waals surface area (Å²) < 4.78 is 5.60. The van der Waals surface area contributed by atoms with Gasteiger partial charge in [-0.25, -0.2) is 0 Å². The molecule has 29 heavy (non-hydrogen) atoms. The van der Waals surface area contributed by atoms with Crippen molar-refractivity contribution in [3.8, 4) is 5.75 Å². The molecule has 0 atom stereocenters. The minimum atomic E-state index is -0.124. The van der Waals surface area contributed by atoms with Gasteiger partial charge in [0.05, 0.1) is 0 Å². The minimum absolute atomic E-state index is 0.0311. The molecule has 1 saturated carbocycles. The number of hydrogen-bond acceptors (Lipinski definition) is 4. The Morgan fingerprint density at radius 1 is 0.931 bits per heavy atom. The van der Waals surface area contributed by atoms with E-state index in [-0.39, 0.29) is 23.8 Å². The van der Waals surface area contributed by atoms with Crippen molar-refractivity contribution in [2.75, 3.05) is 27.2 Å². The predicted octanol–water partition coefficient (Wildman–Crippen LogP) is 3.68. The van der Waals surface area contributed by atoms with Gasteiger partial charge in [0.1, 0.15) is 5.75 Å². The molecule has 0 spiro atoms. The summed E-state index contributed by atoms with van der Waals surface area (Å²) in [6.07, 6.45) is 5.91. The Kier molecular flexibility index (Phi) is 7.04. The number of rotatable bonds is 8. The van der Waals surface area contributed by atoms with Crippen LogP contribution in [0.1, 0.15) is 48.0 Å². The van der Waals surface area contributed by atoms with Crippen LogP contribution in [0.4, 0.5) is 0 Å². The second-order valence-electron chi connectivity index (χ2n) is 7.96. The third kappa shape index (κ3) is 5.45. The summed E-state index contributed by atoms with van der Waals surface area (Å²) in [6.45, 7) is 0.613. The van der Waals surface area contributed by atoms with Crippen LogP contribution in [0.25, 0.3) is 0 Å². The molecule has 0 heterocycles. The molecular weight excluding hydrogens is 364 g/mol. The van der Waals surface area contributed by atoms with Crippen molar-refractivity contribution in [2.45, 2.75) is 37.6 Å². The van der Waals surface area contributed by atoms with Gasteiger partial charge in [-0.1, -0.05) is 49.6 Å². The Labute approximate surface area is 173 Å². The summed E-state index contributed by atoms with van der Waals surface area (Å²) >= 11 is 0. The molecule has 154 valence electrons. The van der Waals surface area contributed by atoms with E-state index in [2.05, 4.69) is 24.3 Å². The first-order chi connectivity index (χ1) is 14.0. The summed E-state index contributed by atoms with van der Waals surface area (Å²) in [7, 11) is 4.18. The lowest BCUT2D eigenvalue weighted by Crippen LogP contribution is -2.54. The van der Waals surface area contributed by atoms with E-state index in [9.17, 15) is 9.59 Å². The second kappa shape index (κ2) is 9.70. The van der Waals surface area contributed by atoms with Gasteiger partial charge in [0, 0.05) is 23.2 Å². The Hall–Kier alpha value is -2.66. The maximum Gasteiger partial charge on any atom is 0.258 e. The van der Waals surface area contributed by atoms with Crippen LogP contribution >= 0.6 is 0 Å². The van der Waals surface area contributed by atoms with E-state index in [1.807, 2.05) is 18.2 Å². The van der Waals surface area contributed by atoms with Crippen molar-refractivity contribution in [1.29, 1.82) is 0 Å². The van der Waals surface area contributed by atoms with Crippen molar-refractivity contribution in [2.24, 2.45) is 0 Å². The zero-order valence-electron chi connectivity index (χ0n) is 17.3. The smallest absolute Gasteiger partial charge is 0.258 e. The summed E-state index contributed by atoms with van der Waals surface area (Å²) in [4.78, 5) is 27.0. The van der Waals surface area contributed by atoms with E-state index in [1.165, 1.54) is 19.3 Å².